The van der Waals surface area contributed by atoms with Gasteiger partial charge in [-0.15, -0.1) is 0 Å². The van der Waals surface area contributed by atoms with Crippen LogP contribution >= 0.6 is 0 Å². The van der Waals surface area contributed by atoms with Gasteiger partial charge in [-0.05, 0) is 51.1 Å². The van der Waals surface area contributed by atoms with Crippen molar-refractivity contribution in [2.45, 2.75) is 25.8 Å². The highest BCUT2D eigenvalue weighted by molar-refractivity contribution is 5.89. The van der Waals surface area contributed by atoms with E-state index in [9.17, 15) is 4.79 Å². The van der Waals surface area contributed by atoms with Gasteiger partial charge in [0.15, 0.2) is 0 Å². The molecule has 0 unspecified atom stereocenters. The number of likely N-dealkylation sites (tertiary alicyclic amines) is 1. The van der Waals surface area contributed by atoms with Crippen LogP contribution in [0, 0.1) is 6.92 Å². The normalized spacial score (nSPS) is 15.5. The number of ether oxygens (including phenoxy) is 1. The quantitative estimate of drug-likeness (QED) is 0.826. The van der Waals surface area contributed by atoms with Crippen LogP contribution in [0.3, 0.4) is 0 Å². The van der Waals surface area contributed by atoms with E-state index in [0.29, 0.717) is 6.54 Å². The zero-order valence-electron chi connectivity index (χ0n) is 15.5. The van der Waals surface area contributed by atoms with E-state index >= 15 is 0 Å². The molecular formula is C21H27N3O2. The minimum absolute atomic E-state index is 0.109. The number of hydrogen-bond donors (Lipinski definition) is 2. The largest absolute Gasteiger partial charge is 0.496 e. The Hall–Kier alpha value is -2.53. The van der Waals surface area contributed by atoms with Gasteiger partial charge in [-0.2, -0.15) is 0 Å². The van der Waals surface area contributed by atoms with Crippen LogP contribution in [0.2, 0.25) is 0 Å². The van der Waals surface area contributed by atoms with Crippen LogP contribution in [-0.2, 0) is 0 Å². The lowest BCUT2D eigenvalue weighted by molar-refractivity contribution is 0.224. The van der Waals surface area contributed by atoms with Gasteiger partial charge in [0.2, 0.25) is 0 Å². The number of amides is 2. The number of methoxy groups -OCH3 is 1. The molecule has 2 N–H and O–H groups in total. The van der Waals surface area contributed by atoms with Gasteiger partial charge in [-0.25, -0.2) is 4.79 Å². The summed E-state index contributed by atoms with van der Waals surface area (Å²) in [6, 6.07) is 15.8. The van der Waals surface area contributed by atoms with E-state index in [0.717, 1.165) is 30.1 Å². The molecule has 3 rings (SSSR count). The molecule has 5 heteroatoms. The van der Waals surface area contributed by atoms with E-state index < -0.39 is 0 Å². The van der Waals surface area contributed by atoms with Crippen molar-refractivity contribution < 1.29 is 9.53 Å². The monoisotopic (exact) mass is 353 g/mol. The summed E-state index contributed by atoms with van der Waals surface area (Å²) >= 11 is 0. The first-order valence-corrected chi connectivity index (χ1v) is 9.16. The van der Waals surface area contributed by atoms with Gasteiger partial charge in [-0.1, -0.05) is 35.9 Å². The van der Waals surface area contributed by atoms with E-state index in [1.54, 1.807) is 7.11 Å². The molecule has 26 heavy (non-hydrogen) atoms. The lowest BCUT2D eigenvalue weighted by atomic mass is 10.0. The van der Waals surface area contributed by atoms with E-state index in [2.05, 4.69) is 21.6 Å². The fourth-order valence-corrected chi connectivity index (χ4v) is 3.43. The van der Waals surface area contributed by atoms with Gasteiger partial charge >= 0.3 is 6.03 Å². The number of carbonyl (C=O) groups is 1. The molecule has 1 heterocycles. The minimum Gasteiger partial charge on any atom is -0.496 e. The maximum Gasteiger partial charge on any atom is 0.319 e. The topological polar surface area (TPSA) is 53.6 Å². The van der Waals surface area contributed by atoms with Crippen molar-refractivity contribution in [1.29, 1.82) is 0 Å². The Balaban J connectivity index is 1.67. The van der Waals surface area contributed by atoms with Crippen LogP contribution < -0.4 is 15.4 Å². The highest BCUT2D eigenvalue weighted by atomic mass is 16.5. The van der Waals surface area contributed by atoms with Gasteiger partial charge in [0.05, 0.1) is 13.2 Å². The number of nitrogens with one attached hydrogen (secondary N) is 2. The highest BCUT2D eigenvalue weighted by Crippen LogP contribution is 2.31. The molecule has 0 radical (unpaired) electrons. The summed E-state index contributed by atoms with van der Waals surface area (Å²) in [5, 5.41) is 5.92. The van der Waals surface area contributed by atoms with Crippen LogP contribution in [0.25, 0.3) is 0 Å². The van der Waals surface area contributed by atoms with Crippen molar-refractivity contribution in [2.24, 2.45) is 0 Å². The van der Waals surface area contributed by atoms with Gasteiger partial charge in [-0.3, -0.25) is 4.90 Å². The van der Waals surface area contributed by atoms with E-state index in [-0.39, 0.29) is 12.1 Å². The number of para-hydroxylation sites is 1. The fourth-order valence-electron chi connectivity index (χ4n) is 3.43. The molecule has 0 bridgehead atoms. The van der Waals surface area contributed by atoms with Gasteiger partial charge in [0.25, 0.3) is 0 Å². The molecule has 1 aliphatic rings. The molecule has 0 spiro atoms. The van der Waals surface area contributed by atoms with Gasteiger partial charge in [0, 0.05) is 17.8 Å². The third-order valence-corrected chi connectivity index (χ3v) is 4.84. The van der Waals surface area contributed by atoms with Crippen molar-refractivity contribution in [3.05, 3.63) is 59.7 Å². The summed E-state index contributed by atoms with van der Waals surface area (Å²) in [5.74, 6) is 0.866. The van der Waals surface area contributed by atoms with Crippen molar-refractivity contribution in [3.8, 4) is 5.75 Å². The minimum atomic E-state index is -0.187. The molecule has 5 nitrogen and oxygen atoms in total. The Morgan fingerprint density at radius 2 is 1.81 bits per heavy atom. The summed E-state index contributed by atoms with van der Waals surface area (Å²) < 4.78 is 5.54. The van der Waals surface area contributed by atoms with E-state index in [1.807, 2.05) is 49.4 Å². The third-order valence-electron chi connectivity index (χ3n) is 4.84. The average Bonchev–Trinajstić information content (AvgIpc) is 3.18. The summed E-state index contributed by atoms with van der Waals surface area (Å²) in [7, 11) is 1.69. The van der Waals surface area contributed by atoms with E-state index in [4.69, 9.17) is 4.74 Å². The molecule has 1 atom stereocenters. The molecule has 0 aliphatic carbocycles. The standard InChI is InChI=1S/C21H27N3O2/c1-16-9-11-17(12-10-16)23-21(25)22-15-19(24-13-5-6-14-24)18-7-3-4-8-20(18)26-2/h3-4,7-12,19H,5-6,13-15H2,1-2H3,(H2,22,23,25)/t19-/m1/s1. The second-order valence-corrected chi connectivity index (χ2v) is 6.70. The molecule has 2 aromatic rings. The Morgan fingerprint density at radius 3 is 2.50 bits per heavy atom. The van der Waals surface area contributed by atoms with Gasteiger partial charge < -0.3 is 15.4 Å². The molecular weight excluding hydrogens is 326 g/mol. The van der Waals surface area contributed by atoms with Crippen LogP contribution in [0.15, 0.2) is 48.5 Å². The zero-order chi connectivity index (χ0) is 18.4. The first kappa shape index (κ1) is 18.3. The predicted octanol–water partition coefficient (Wildman–Crippen LogP) is 3.96. The second kappa shape index (κ2) is 8.72. The van der Waals surface area contributed by atoms with Crippen LogP contribution in [0.4, 0.5) is 10.5 Å². The number of rotatable bonds is 6. The Kier molecular flexibility index (Phi) is 6.12. The van der Waals surface area contributed by atoms with E-state index in [1.165, 1.54) is 18.4 Å². The van der Waals surface area contributed by atoms with Crippen molar-refractivity contribution >= 4 is 11.7 Å². The predicted molar refractivity (Wildman–Crippen MR) is 105 cm³/mol. The zero-order valence-corrected chi connectivity index (χ0v) is 15.5. The lowest BCUT2D eigenvalue weighted by Crippen LogP contribution is -2.38. The number of aryl methyl sites for hydroxylation is 1. The number of hydrogen-bond acceptors (Lipinski definition) is 3. The van der Waals surface area contributed by atoms with Crippen LogP contribution in [0.5, 0.6) is 5.75 Å². The number of nitrogens with zero attached hydrogens (tertiary/aromatic N) is 1. The lowest BCUT2D eigenvalue weighted by Gasteiger charge is -2.29. The number of anilines is 1. The Labute approximate surface area is 155 Å². The molecule has 1 fully saturated rings. The maximum atomic E-state index is 12.3. The summed E-state index contributed by atoms with van der Waals surface area (Å²) in [6.07, 6.45) is 2.39. The Morgan fingerprint density at radius 1 is 1.12 bits per heavy atom. The van der Waals surface area contributed by atoms with Gasteiger partial charge in [0.1, 0.15) is 5.75 Å². The molecule has 0 saturated carbocycles. The summed E-state index contributed by atoms with van der Waals surface area (Å²) in [4.78, 5) is 14.8. The number of urea groups is 1. The van der Waals surface area contributed by atoms with Crippen molar-refractivity contribution in [3.63, 3.8) is 0 Å². The maximum absolute atomic E-state index is 12.3. The molecule has 1 saturated heterocycles. The molecule has 1 aliphatic heterocycles. The summed E-state index contributed by atoms with van der Waals surface area (Å²) in [5.41, 5.74) is 3.08. The van der Waals surface area contributed by atoms with Crippen molar-refractivity contribution in [1.82, 2.24) is 10.2 Å². The Bertz CT molecular complexity index is 724. The molecule has 2 aromatic carbocycles. The first-order chi connectivity index (χ1) is 12.7. The van der Waals surface area contributed by atoms with Crippen LogP contribution in [0.1, 0.15) is 30.0 Å². The fraction of sp³-hybridized carbons (Fsp3) is 0.381. The SMILES string of the molecule is COc1ccccc1[C@@H](CNC(=O)Nc1ccc(C)cc1)N1CCCC1. The average molecular weight is 353 g/mol. The number of carbonyl (C=O) groups excluding carboxylic acids is 1. The summed E-state index contributed by atoms with van der Waals surface area (Å²) in [6.45, 7) is 4.66. The first-order valence-electron chi connectivity index (χ1n) is 9.16. The molecule has 0 aromatic heterocycles. The highest BCUT2D eigenvalue weighted by Gasteiger charge is 2.26. The smallest absolute Gasteiger partial charge is 0.319 e. The molecule has 138 valence electrons. The molecule has 2 amide bonds. The second-order valence-electron chi connectivity index (χ2n) is 6.70. The third kappa shape index (κ3) is 4.55. The van der Waals surface area contributed by atoms with Crippen LogP contribution in [-0.4, -0.2) is 37.7 Å². The van der Waals surface area contributed by atoms with Crippen molar-refractivity contribution in [2.75, 3.05) is 32.1 Å². The number of benzene rings is 2.